The van der Waals surface area contributed by atoms with Crippen molar-refractivity contribution >= 4 is 28.9 Å². The average molecular weight is 393 g/mol. The average Bonchev–Trinajstić information content (AvgIpc) is 3.03. The van der Waals surface area contributed by atoms with Crippen molar-refractivity contribution < 1.29 is 14.3 Å². The minimum atomic E-state index is -0.546. The molecule has 6 nitrogen and oxygen atoms in total. The lowest BCUT2D eigenvalue weighted by Gasteiger charge is -2.29. The predicted octanol–water partition coefficient (Wildman–Crippen LogP) is 3.82. The van der Waals surface area contributed by atoms with Crippen LogP contribution in [0.25, 0.3) is 0 Å². The molecular formula is C23H27N3O3. The molecule has 2 heterocycles. The normalized spacial score (nSPS) is 19.6. The Labute approximate surface area is 171 Å². The lowest BCUT2D eigenvalue weighted by Crippen LogP contribution is -2.34. The highest BCUT2D eigenvalue weighted by molar-refractivity contribution is 6.23. The van der Waals surface area contributed by atoms with E-state index in [0.717, 1.165) is 24.5 Å². The summed E-state index contributed by atoms with van der Waals surface area (Å²) < 4.78 is 5.43. The monoisotopic (exact) mass is 393 g/mol. The Morgan fingerprint density at radius 1 is 0.931 bits per heavy atom. The molecule has 0 aromatic heterocycles. The van der Waals surface area contributed by atoms with Crippen LogP contribution >= 0.6 is 0 Å². The second-order valence-corrected chi connectivity index (χ2v) is 7.49. The Hall–Kier alpha value is -3.02. The first-order valence-electron chi connectivity index (χ1n) is 10.4. The molecule has 2 aliphatic heterocycles. The van der Waals surface area contributed by atoms with E-state index in [0.29, 0.717) is 12.3 Å². The molecule has 6 heteroatoms. The van der Waals surface area contributed by atoms with Gasteiger partial charge in [0.2, 0.25) is 5.91 Å². The Balaban J connectivity index is 1.42. The van der Waals surface area contributed by atoms with Crippen LogP contribution < -0.4 is 19.9 Å². The van der Waals surface area contributed by atoms with Crippen LogP contribution in [0.3, 0.4) is 0 Å². The van der Waals surface area contributed by atoms with Crippen LogP contribution in [-0.4, -0.2) is 37.6 Å². The minimum Gasteiger partial charge on any atom is -0.494 e. The molecule has 0 unspecified atom stereocenters. The number of hydrogen-bond acceptors (Lipinski definition) is 5. The van der Waals surface area contributed by atoms with Gasteiger partial charge in [-0.3, -0.25) is 9.59 Å². The van der Waals surface area contributed by atoms with Gasteiger partial charge in [0.15, 0.2) is 0 Å². The first-order chi connectivity index (χ1) is 14.2. The summed E-state index contributed by atoms with van der Waals surface area (Å²) in [6.45, 7) is 4.68. The molecule has 152 valence electrons. The standard InChI is InChI=1S/C23H27N3O3/c1-2-29-20-12-10-19(11-13-20)26-22(27)16-21(23(26)28)24-17-6-8-18(9-7-17)25-14-4-3-5-15-25/h6-13,21,24H,2-5,14-16H2,1H3/t21-/m0/s1. The van der Waals surface area contributed by atoms with Gasteiger partial charge < -0.3 is 15.0 Å². The second kappa shape index (κ2) is 8.55. The third kappa shape index (κ3) is 4.21. The van der Waals surface area contributed by atoms with Crippen molar-refractivity contribution in [2.75, 3.05) is 34.8 Å². The first-order valence-corrected chi connectivity index (χ1v) is 10.4. The molecule has 2 aromatic rings. The summed E-state index contributed by atoms with van der Waals surface area (Å²) in [6, 6.07) is 14.6. The fourth-order valence-corrected chi connectivity index (χ4v) is 4.00. The second-order valence-electron chi connectivity index (χ2n) is 7.49. The van der Waals surface area contributed by atoms with E-state index >= 15 is 0 Å². The molecule has 2 fully saturated rings. The van der Waals surface area contributed by atoms with Gasteiger partial charge in [0.05, 0.1) is 18.7 Å². The van der Waals surface area contributed by atoms with E-state index in [1.165, 1.54) is 29.8 Å². The number of imide groups is 1. The number of piperidine rings is 1. The number of anilines is 3. The molecule has 0 saturated carbocycles. The number of carbonyl (C=O) groups is 2. The third-order valence-corrected chi connectivity index (χ3v) is 5.48. The van der Waals surface area contributed by atoms with Crippen molar-refractivity contribution in [1.29, 1.82) is 0 Å². The lowest BCUT2D eigenvalue weighted by atomic mass is 10.1. The number of hydrogen-bond donors (Lipinski definition) is 1. The molecule has 4 rings (SSSR count). The Kier molecular flexibility index (Phi) is 5.69. The Morgan fingerprint density at radius 2 is 1.59 bits per heavy atom. The van der Waals surface area contributed by atoms with E-state index in [4.69, 9.17) is 4.74 Å². The highest BCUT2D eigenvalue weighted by atomic mass is 16.5. The summed E-state index contributed by atoms with van der Waals surface area (Å²) in [7, 11) is 0. The van der Waals surface area contributed by atoms with Gasteiger partial charge in [-0.2, -0.15) is 0 Å². The molecule has 2 amide bonds. The summed E-state index contributed by atoms with van der Waals surface area (Å²) in [5.74, 6) is 0.305. The van der Waals surface area contributed by atoms with E-state index in [1.54, 1.807) is 24.3 Å². The summed E-state index contributed by atoms with van der Waals surface area (Å²) in [4.78, 5) is 29.0. The smallest absolute Gasteiger partial charge is 0.256 e. The Morgan fingerprint density at radius 3 is 2.24 bits per heavy atom. The highest BCUT2D eigenvalue weighted by Gasteiger charge is 2.39. The number of rotatable bonds is 6. The molecule has 2 aromatic carbocycles. The molecule has 29 heavy (non-hydrogen) atoms. The predicted molar refractivity (Wildman–Crippen MR) is 115 cm³/mol. The molecule has 0 spiro atoms. The fourth-order valence-electron chi connectivity index (χ4n) is 4.00. The van der Waals surface area contributed by atoms with Gasteiger partial charge in [0, 0.05) is 24.5 Å². The van der Waals surface area contributed by atoms with Crippen molar-refractivity contribution in [3.05, 3.63) is 48.5 Å². The summed E-state index contributed by atoms with van der Waals surface area (Å²) in [5, 5.41) is 3.23. The van der Waals surface area contributed by atoms with E-state index in [9.17, 15) is 9.59 Å². The van der Waals surface area contributed by atoms with Crippen molar-refractivity contribution in [3.8, 4) is 5.75 Å². The number of carbonyl (C=O) groups excluding carboxylic acids is 2. The highest BCUT2D eigenvalue weighted by Crippen LogP contribution is 2.28. The number of benzene rings is 2. The minimum absolute atomic E-state index is 0.153. The molecule has 0 aliphatic carbocycles. The van der Waals surface area contributed by atoms with Crippen LogP contribution in [0.5, 0.6) is 5.75 Å². The van der Waals surface area contributed by atoms with Crippen LogP contribution in [-0.2, 0) is 9.59 Å². The molecule has 2 aliphatic rings. The summed E-state index contributed by atoms with van der Waals surface area (Å²) in [6.07, 6.45) is 3.93. The van der Waals surface area contributed by atoms with Crippen LogP contribution in [0.15, 0.2) is 48.5 Å². The van der Waals surface area contributed by atoms with Crippen LogP contribution in [0.1, 0.15) is 32.6 Å². The van der Waals surface area contributed by atoms with Gasteiger partial charge in [-0.05, 0) is 74.7 Å². The van der Waals surface area contributed by atoms with Gasteiger partial charge in [-0.25, -0.2) is 4.90 Å². The SMILES string of the molecule is CCOc1ccc(N2C(=O)C[C@H](Nc3ccc(N4CCCCC4)cc3)C2=O)cc1. The van der Waals surface area contributed by atoms with E-state index < -0.39 is 6.04 Å². The van der Waals surface area contributed by atoms with Crippen molar-refractivity contribution in [2.45, 2.75) is 38.6 Å². The molecular weight excluding hydrogens is 366 g/mol. The maximum Gasteiger partial charge on any atom is 0.256 e. The number of amides is 2. The van der Waals surface area contributed by atoms with Crippen LogP contribution in [0.4, 0.5) is 17.1 Å². The summed E-state index contributed by atoms with van der Waals surface area (Å²) >= 11 is 0. The lowest BCUT2D eigenvalue weighted by molar-refractivity contribution is -0.121. The van der Waals surface area contributed by atoms with Crippen molar-refractivity contribution in [1.82, 2.24) is 0 Å². The van der Waals surface area contributed by atoms with E-state index in [-0.39, 0.29) is 18.2 Å². The zero-order valence-electron chi connectivity index (χ0n) is 16.8. The van der Waals surface area contributed by atoms with Crippen molar-refractivity contribution in [2.24, 2.45) is 0 Å². The van der Waals surface area contributed by atoms with Crippen LogP contribution in [0, 0.1) is 0 Å². The van der Waals surface area contributed by atoms with Crippen LogP contribution in [0.2, 0.25) is 0 Å². The van der Waals surface area contributed by atoms with E-state index in [2.05, 4.69) is 22.3 Å². The number of ether oxygens (including phenoxy) is 1. The summed E-state index contributed by atoms with van der Waals surface area (Å²) in [5.41, 5.74) is 2.64. The zero-order valence-corrected chi connectivity index (χ0v) is 16.8. The Bertz CT molecular complexity index is 858. The molecule has 1 N–H and O–H groups in total. The maximum atomic E-state index is 12.8. The quantitative estimate of drug-likeness (QED) is 0.756. The van der Waals surface area contributed by atoms with Gasteiger partial charge in [-0.15, -0.1) is 0 Å². The first kappa shape index (κ1) is 19.3. The molecule has 2 saturated heterocycles. The molecule has 0 bridgehead atoms. The molecule has 1 atom stereocenters. The number of nitrogens with zero attached hydrogens (tertiary/aromatic N) is 2. The third-order valence-electron chi connectivity index (χ3n) is 5.48. The van der Waals surface area contributed by atoms with Crippen molar-refractivity contribution in [3.63, 3.8) is 0 Å². The number of nitrogens with one attached hydrogen (secondary N) is 1. The van der Waals surface area contributed by atoms with Gasteiger partial charge >= 0.3 is 0 Å². The van der Waals surface area contributed by atoms with Gasteiger partial charge in [0.25, 0.3) is 5.91 Å². The topological polar surface area (TPSA) is 61.9 Å². The van der Waals surface area contributed by atoms with E-state index in [1.807, 2.05) is 19.1 Å². The zero-order chi connectivity index (χ0) is 20.2. The fraction of sp³-hybridized carbons (Fsp3) is 0.391. The maximum absolute atomic E-state index is 12.8. The van der Waals surface area contributed by atoms with Gasteiger partial charge in [0.1, 0.15) is 11.8 Å². The molecule has 0 radical (unpaired) electrons. The van der Waals surface area contributed by atoms with Gasteiger partial charge in [-0.1, -0.05) is 0 Å². The largest absolute Gasteiger partial charge is 0.494 e.